The van der Waals surface area contributed by atoms with E-state index >= 15 is 0 Å². The van der Waals surface area contributed by atoms with Crippen LogP contribution in [0.25, 0.3) is 0 Å². The zero-order valence-electron chi connectivity index (χ0n) is 10.3. The summed E-state index contributed by atoms with van der Waals surface area (Å²) in [4.78, 5) is 11.7. The topological polar surface area (TPSA) is 55.1 Å². The van der Waals surface area contributed by atoms with Crippen LogP contribution in [0.1, 0.15) is 35.7 Å². The second-order valence-electron chi connectivity index (χ2n) is 4.22. The number of aryl methyl sites for hydroxylation is 1. The van der Waals surface area contributed by atoms with Gasteiger partial charge in [-0.1, -0.05) is 19.4 Å². The van der Waals surface area contributed by atoms with Crippen molar-refractivity contribution in [1.82, 2.24) is 5.32 Å². The highest BCUT2D eigenvalue weighted by Gasteiger charge is 2.09. The molecule has 94 valence electrons. The van der Waals surface area contributed by atoms with E-state index in [-0.39, 0.29) is 17.8 Å². The van der Waals surface area contributed by atoms with E-state index in [4.69, 9.17) is 5.73 Å². The highest BCUT2D eigenvalue weighted by atomic mass is 19.1. The Kier molecular flexibility index (Phi) is 5.10. The second kappa shape index (κ2) is 6.35. The van der Waals surface area contributed by atoms with Gasteiger partial charge in [-0.15, -0.1) is 0 Å². The van der Waals surface area contributed by atoms with Crippen LogP contribution in [-0.4, -0.2) is 18.5 Å². The predicted octanol–water partition coefficient (Wildman–Crippen LogP) is 1.99. The zero-order valence-corrected chi connectivity index (χ0v) is 10.3. The molecule has 0 aliphatic heterocycles. The second-order valence-corrected chi connectivity index (χ2v) is 4.22. The lowest BCUT2D eigenvalue weighted by Gasteiger charge is -2.11. The lowest BCUT2D eigenvalue weighted by Crippen LogP contribution is -2.37. The molecule has 3 nitrogen and oxygen atoms in total. The first-order valence-electron chi connectivity index (χ1n) is 5.84. The van der Waals surface area contributed by atoms with E-state index in [0.29, 0.717) is 17.7 Å². The zero-order chi connectivity index (χ0) is 12.8. The quantitative estimate of drug-likeness (QED) is 0.824. The number of halogens is 1. The fourth-order valence-corrected chi connectivity index (χ4v) is 1.53. The van der Waals surface area contributed by atoms with Gasteiger partial charge in [-0.05, 0) is 31.0 Å². The molecule has 1 unspecified atom stereocenters. The van der Waals surface area contributed by atoms with Crippen molar-refractivity contribution in [3.05, 3.63) is 35.1 Å². The predicted molar refractivity (Wildman–Crippen MR) is 66.4 cm³/mol. The SMILES string of the molecule is CCCC(N)CNC(=O)c1ccc(C)c(F)c1. The van der Waals surface area contributed by atoms with Crippen molar-refractivity contribution in [3.8, 4) is 0 Å². The average Bonchev–Trinajstić information content (AvgIpc) is 2.30. The number of rotatable bonds is 5. The molecule has 0 bridgehead atoms. The lowest BCUT2D eigenvalue weighted by molar-refractivity contribution is 0.0950. The van der Waals surface area contributed by atoms with Gasteiger partial charge in [0.25, 0.3) is 5.91 Å². The van der Waals surface area contributed by atoms with E-state index in [1.54, 1.807) is 19.1 Å². The molecule has 0 radical (unpaired) electrons. The standard InChI is InChI=1S/C13H19FN2O/c1-3-4-11(15)8-16-13(17)10-6-5-9(2)12(14)7-10/h5-7,11H,3-4,8,15H2,1-2H3,(H,16,17). The van der Waals surface area contributed by atoms with E-state index in [1.165, 1.54) is 6.07 Å². The van der Waals surface area contributed by atoms with Crippen LogP contribution in [0.5, 0.6) is 0 Å². The number of hydrogen-bond acceptors (Lipinski definition) is 2. The van der Waals surface area contributed by atoms with Crippen LogP contribution in [0.2, 0.25) is 0 Å². The molecule has 0 saturated heterocycles. The number of benzene rings is 1. The molecular weight excluding hydrogens is 219 g/mol. The molecular formula is C13H19FN2O. The minimum absolute atomic E-state index is 0.0424. The summed E-state index contributed by atoms with van der Waals surface area (Å²) in [5, 5.41) is 2.70. The van der Waals surface area contributed by atoms with Gasteiger partial charge < -0.3 is 11.1 Å². The van der Waals surface area contributed by atoms with Crippen LogP contribution in [0.3, 0.4) is 0 Å². The Hall–Kier alpha value is -1.42. The van der Waals surface area contributed by atoms with Crippen LogP contribution in [0.15, 0.2) is 18.2 Å². The van der Waals surface area contributed by atoms with Crippen molar-refractivity contribution in [3.63, 3.8) is 0 Å². The number of carbonyl (C=O) groups excluding carboxylic acids is 1. The molecule has 0 heterocycles. The molecule has 0 saturated carbocycles. The highest BCUT2D eigenvalue weighted by Crippen LogP contribution is 2.09. The van der Waals surface area contributed by atoms with Gasteiger partial charge in [-0.2, -0.15) is 0 Å². The molecule has 1 atom stereocenters. The molecule has 3 N–H and O–H groups in total. The van der Waals surface area contributed by atoms with Crippen molar-refractivity contribution >= 4 is 5.91 Å². The van der Waals surface area contributed by atoms with Crippen LogP contribution in [0.4, 0.5) is 4.39 Å². The molecule has 0 aliphatic carbocycles. The fourth-order valence-electron chi connectivity index (χ4n) is 1.53. The Morgan fingerprint density at radius 3 is 2.82 bits per heavy atom. The summed E-state index contributed by atoms with van der Waals surface area (Å²) in [5.74, 6) is -0.647. The summed E-state index contributed by atoms with van der Waals surface area (Å²) in [6.45, 7) is 4.12. The maximum Gasteiger partial charge on any atom is 0.251 e. The summed E-state index contributed by atoms with van der Waals surface area (Å²) < 4.78 is 13.3. The fraction of sp³-hybridized carbons (Fsp3) is 0.462. The molecule has 0 aromatic heterocycles. The van der Waals surface area contributed by atoms with Crippen LogP contribution in [-0.2, 0) is 0 Å². The van der Waals surface area contributed by atoms with Gasteiger partial charge in [-0.3, -0.25) is 4.79 Å². The molecule has 0 aliphatic rings. The number of carbonyl (C=O) groups is 1. The van der Waals surface area contributed by atoms with E-state index in [0.717, 1.165) is 12.8 Å². The van der Waals surface area contributed by atoms with Crippen LogP contribution < -0.4 is 11.1 Å². The van der Waals surface area contributed by atoms with Gasteiger partial charge in [0.1, 0.15) is 5.82 Å². The number of nitrogens with two attached hydrogens (primary N) is 1. The third-order valence-corrected chi connectivity index (χ3v) is 2.62. The summed E-state index contributed by atoms with van der Waals surface area (Å²) in [6, 6.07) is 4.41. The van der Waals surface area contributed by atoms with Crippen molar-refractivity contribution < 1.29 is 9.18 Å². The smallest absolute Gasteiger partial charge is 0.251 e. The Labute approximate surface area is 101 Å². The Bertz CT molecular complexity index is 393. The first kappa shape index (κ1) is 13.6. The van der Waals surface area contributed by atoms with Crippen molar-refractivity contribution in [2.24, 2.45) is 5.73 Å². The third kappa shape index (κ3) is 4.15. The molecule has 1 amide bonds. The summed E-state index contributed by atoms with van der Waals surface area (Å²) in [5.41, 5.74) is 6.64. The Morgan fingerprint density at radius 2 is 2.24 bits per heavy atom. The van der Waals surface area contributed by atoms with Crippen molar-refractivity contribution in [2.75, 3.05) is 6.54 Å². The third-order valence-electron chi connectivity index (χ3n) is 2.62. The van der Waals surface area contributed by atoms with Crippen molar-refractivity contribution in [1.29, 1.82) is 0 Å². The van der Waals surface area contributed by atoms with Gasteiger partial charge in [0.2, 0.25) is 0 Å². The lowest BCUT2D eigenvalue weighted by atomic mass is 10.1. The summed E-state index contributed by atoms with van der Waals surface area (Å²) in [7, 11) is 0. The molecule has 0 fully saturated rings. The highest BCUT2D eigenvalue weighted by molar-refractivity contribution is 5.94. The van der Waals surface area contributed by atoms with Gasteiger partial charge in [-0.25, -0.2) is 4.39 Å². The summed E-state index contributed by atoms with van der Waals surface area (Å²) >= 11 is 0. The maximum atomic E-state index is 13.3. The molecule has 1 aromatic rings. The largest absolute Gasteiger partial charge is 0.350 e. The summed E-state index contributed by atoms with van der Waals surface area (Å²) in [6.07, 6.45) is 1.85. The van der Waals surface area contributed by atoms with E-state index < -0.39 is 0 Å². The minimum Gasteiger partial charge on any atom is -0.350 e. The number of nitrogens with one attached hydrogen (secondary N) is 1. The first-order chi connectivity index (χ1) is 8.04. The Balaban J connectivity index is 2.55. The van der Waals surface area contributed by atoms with Gasteiger partial charge >= 0.3 is 0 Å². The molecule has 17 heavy (non-hydrogen) atoms. The average molecular weight is 238 g/mol. The number of hydrogen-bond donors (Lipinski definition) is 2. The number of amides is 1. The monoisotopic (exact) mass is 238 g/mol. The first-order valence-corrected chi connectivity index (χ1v) is 5.84. The van der Waals surface area contributed by atoms with Gasteiger partial charge in [0, 0.05) is 18.2 Å². The molecule has 1 rings (SSSR count). The van der Waals surface area contributed by atoms with Gasteiger partial charge in [0.15, 0.2) is 0 Å². The van der Waals surface area contributed by atoms with E-state index in [2.05, 4.69) is 5.32 Å². The normalized spacial score (nSPS) is 12.2. The molecule has 4 heteroatoms. The molecule has 1 aromatic carbocycles. The van der Waals surface area contributed by atoms with Crippen LogP contribution >= 0.6 is 0 Å². The van der Waals surface area contributed by atoms with E-state index in [1.807, 2.05) is 6.92 Å². The maximum absolute atomic E-state index is 13.3. The van der Waals surface area contributed by atoms with Crippen molar-refractivity contribution in [2.45, 2.75) is 32.7 Å². The van der Waals surface area contributed by atoms with Gasteiger partial charge in [0.05, 0.1) is 0 Å². The van der Waals surface area contributed by atoms with Crippen LogP contribution in [0, 0.1) is 12.7 Å². The molecule has 0 spiro atoms. The Morgan fingerprint density at radius 1 is 1.53 bits per heavy atom. The van der Waals surface area contributed by atoms with E-state index in [9.17, 15) is 9.18 Å². The minimum atomic E-state index is -0.365.